The second-order valence-electron chi connectivity index (χ2n) is 4.06. The molecule has 1 unspecified atom stereocenters. The summed E-state index contributed by atoms with van der Waals surface area (Å²) in [5.74, 6) is 0.706. The van der Waals surface area contributed by atoms with Crippen molar-refractivity contribution in [1.82, 2.24) is 5.32 Å². The normalized spacial score (nSPS) is 12.4. The van der Waals surface area contributed by atoms with E-state index in [9.17, 15) is 0 Å². The highest BCUT2D eigenvalue weighted by Crippen LogP contribution is 2.32. The monoisotopic (exact) mass is 281 g/mol. The smallest absolute Gasteiger partial charge is 0.137 e. The number of nitrogens with one attached hydrogen (secondary N) is 1. The number of halogens is 1. The average Bonchev–Trinajstić information content (AvgIpc) is 2.77. The fourth-order valence-electron chi connectivity index (χ4n) is 1.94. The van der Waals surface area contributed by atoms with Crippen molar-refractivity contribution in [2.75, 3.05) is 14.2 Å². The molecule has 0 fully saturated rings. The van der Waals surface area contributed by atoms with Gasteiger partial charge in [-0.1, -0.05) is 17.7 Å². The molecular weight excluding hydrogens is 266 g/mol. The maximum atomic E-state index is 6.17. The molecule has 0 amide bonds. The van der Waals surface area contributed by atoms with Crippen LogP contribution in [0.3, 0.4) is 0 Å². The van der Waals surface area contributed by atoms with Crippen LogP contribution < -0.4 is 10.1 Å². The molecule has 4 heteroatoms. The first-order valence-electron chi connectivity index (χ1n) is 5.72. The van der Waals surface area contributed by atoms with Crippen molar-refractivity contribution in [3.63, 3.8) is 0 Å². The lowest BCUT2D eigenvalue weighted by molar-refractivity contribution is 0.414. The predicted molar refractivity (Wildman–Crippen MR) is 78.0 cm³/mol. The van der Waals surface area contributed by atoms with Crippen molar-refractivity contribution >= 4 is 22.9 Å². The average molecular weight is 282 g/mol. The highest BCUT2D eigenvalue weighted by atomic mass is 35.5. The van der Waals surface area contributed by atoms with Crippen molar-refractivity contribution in [2.24, 2.45) is 0 Å². The Balaban J connectivity index is 2.36. The van der Waals surface area contributed by atoms with Crippen LogP contribution in [0.5, 0.6) is 5.75 Å². The minimum atomic E-state index is 0.173. The van der Waals surface area contributed by atoms with E-state index in [1.54, 1.807) is 18.4 Å². The Morgan fingerprint density at radius 2 is 2.06 bits per heavy atom. The molecule has 2 nitrogen and oxygen atoms in total. The van der Waals surface area contributed by atoms with Gasteiger partial charge in [-0.3, -0.25) is 0 Å². The molecule has 0 spiro atoms. The number of methoxy groups -OCH3 is 1. The van der Waals surface area contributed by atoms with Gasteiger partial charge in [0.2, 0.25) is 0 Å². The Morgan fingerprint density at radius 1 is 1.28 bits per heavy atom. The largest absolute Gasteiger partial charge is 0.495 e. The topological polar surface area (TPSA) is 21.3 Å². The van der Waals surface area contributed by atoms with Crippen LogP contribution in [0.25, 0.3) is 0 Å². The molecule has 1 heterocycles. The van der Waals surface area contributed by atoms with Crippen molar-refractivity contribution in [3.05, 3.63) is 50.7 Å². The Hall–Kier alpha value is -1.03. The van der Waals surface area contributed by atoms with Gasteiger partial charge in [-0.15, -0.1) is 11.3 Å². The number of hydrogen-bond acceptors (Lipinski definition) is 3. The highest BCUT2D eigenvalue weighted by Gasteiger charge is 2.15. The zero-order valence-corrected chi connectivity index (χ0v) is 12.2. The van der Waals surface area contributed by atoms with Crippen LogP contribution in [0, 0.1) is 6.92 Å². The maximum Gasteiger partial charge on any atom is 0.137 e. The first-order valence-corrected chi connectivity index (χ1v) is 6.92. The van der Waals surface area contributed by atoms with E-state index >= 15 is 0 Å². The molecule has 1 atom stereocenters. The van der Waals surface area contributed by atoms with E-state index in [0.29, 0.717) is 10.8 Å². The van der Waals surface area contributed by atoms with Crippen LogP contribution in [0.1, 0.15) is 21.4 Å². The van der Waals surface area contributed by atoms with E-state index in [2.05, 4.69) is 24.4 Å². The second kappa shape index (κ2) is 5.74. The van der Waals surface area contributed by atoms with E-state index in [0.717, 1.165) is 5.56 Å². The maximum absolute atomic E-state index is 6.17. The number of benzene rings is 1. The summed E-state index contributed by atoms with van der Waals surface area (Å²) in [4.78, 5) is 2.60. The molecule has 18 heavy (non-hydrogen) atoms. The number of thiophene rings is 1. The lowest BCUT2D eigenvalue weighted by atomic mass is 10.1. The van der Waals surface area contributed by atoms with E-state index in [1.165, 1.54) is 9.75 Å². The lowest BCUT2D eigenvalue weighted by Crippen LogP contribution is -2.16. The Morgan fingerprint density at radius 3 is 2.56 bits per heavy atom. The molecule has 0 radical (unpaired) electrons. The van der Waals surface area contributed by atoms with Crippen molar-refractivity contribution < 1.29 is 4.74 Å². The molecule has 1 aromatic heterocycles. The van der Waals surface area contributed by atoms with Crippen LogP contribution in [0.2, 0.25) is 5.02 Å². The molecule has 0 saturated carbocycles. The summed E-state index contributed by atoms with van der Waals surface area (Å²) in [6, 6.07) is 10.4. The van der Waals surface area contributed by atoms with Gasteiger partial charge in [0.05, 0.1) is 18.2 Å². The zero-order chi connectivity index (χ0) is 13.1. The number of ether oxygens (including phenoxy) is 1. The van der Waals surface area contributed by atoms with Crippen molar-refractivity contribution in [2.45, 2.75) is 13.0 Å². The van der Waals surface area contributed by atoms with Crippen molar-refractivity contribution in [1.29, 1.82) is 0 Å². The molecule has 1 N–H and O–H groups in total. The van der Waals surface area contributed by atoms with Gasteiger partial charge in [0.15, 0.2) is 0 Å². The highest BCUT2D eigenvalue weighted by molar-refractivity contribution is 7.12. The molecule has 0 aliphatic carbocycles. The summed E-state index contributed by atoms with van der Waals surface area (Å²) < 4.78 is 5.17. The van der Waals surface area contributed by atoms with E-state index < -0.39 is 0 Å². The van der Waals surface area contributed by atoms with Crippen LogP contribution in [0.4, 0.5) is 0 Å². The molecule has 0 bridgehead atoms. The Kier molecular flexibility index (Phi) is 4.27. The summed E-state index contributed by atoms with van der Waals surface area (Å²) in [7, 11) is 3.58. The first kappa shape index (κ1) is 13.4. The van der Waals surface area contributed by atoms with Crippen molar-refractivity contribution in [3.8, 4) is 5.75 Å². The zero-order valence-electron chi connectivity index (χ0n) is 10.7. The lowest BCUT2D eigenvalue weighted by Gasteiger charge is -2.16. The molecule has 0 aliphatic rings. The molecule has 1 aromatic carbocycles. The molecule has 2 rings (SSSR count). The van der Waals surface area contributed by atoms with Gasteiger partial charge >= 0.3 is 0 Å². The summed E-state index contributed by atoms with van der Waals surface area (Å²) >= 11 is 7.97. The number of rotatable bonds is 4. The predicted octanol–water partition coefficient (Wildman–Crippen LogP) is 4.03. The van der Waals surface area contributed by atoms with Crippen LogP contribution in [-0.4, -0.2) is 14.2 Å². The van der Waals surface area contributed by atoms with Crippen LogP contribution in [-0.2, 0) is 0 Å². The minimum Gasteiger partial charge on any atom is -0.495 e. The molecule has 2 aromatic rings. The van der Waals surface area contributed by atoms with E-state index in [-0.39, 0.29) is 6.04 Å². The summed E-state index contributed by atoms with van der Waals surface area (Å²) in [5.41, 5.74) is 1.14. The third-order valence-electron chi connectivity index (χ3n) is 2.84. The SMILES string of the molecule is CNC(c1ccc(OC)c(Cl)c1)c1ccc(C)s1. The van der Waals surface area contributed by atoms with Gasteiger partial charge in [-0.05, 0) is 43.8 Å². The van der Waals surface area contributed by atoms with Gasteiger partial charge in [-0.2, -0.15) is 0 Å². The van der Waals surface area contributed by atoms with Crippen LogP contribution >= 0.6 is 22.9 Å². The number of aryl methyl sites for hydroxylation is 1. The molecule has 0 saturated heterocycles. The van der Waals surface area contributed by atoms with Gasteiger partial charge in [0, 0.05) is 9.75 Å². The summed E-state index contributed by atoms with van der Waals surface area (Å²) in [6.45, 7) is 2.11. The summed E-state index contributed by atoms with van der Waals surface area (Å²) in [6.07, 6.45) is 0. The molecule has 0 aliphatic heterocycles. The summed E-state index contributed by atoms with van der Waals surface area (Å²) in [5, 5.41) is 3.97. The molecule has 96 valence electrons. The van der Waals surface area contributed by atoms with E-state index in [1.807, 2.05) is 25.2 Å². The Bertz CT molecular complexity index is 538. The third-order valence-corrected chi connectivity index (χ3v) is 4.20. The first-order chi connectivity index (χ1) is 8.65. The van der Waals surface area contributed by atoms with Gasteiger partial charge in [0.1, 0.15) is 5.75 Å². The minimum absolute atomic E-state index is 0.173. The second-order valence-corrected chi connectivity index (χ2v) is 5.79. The van der Waals surface area contributed by atoms with E-state index in [4.69, 9.17) is 16.3 Å². The van der Waals surface area contributed by atoms with Crippen LogP contribution in [0.15, 0.2) is 30.3 Å². The quantitative estimate of drug-likeness (QED) is 0.914. The number of hydrogen-bond donors (Lipinski definition) is 1. The Labute approximate surface area is 117 Å². The van der Waals surface area contributed by atoms with Gasteiger partial charge in [0.25, 0.3) is 0 Å². The fourth-order valence-corrected chi connectivity index (χ4v) is 3.23. The standard InChI is InChI=1S/C14H16ClNOS/c1-9-4-7-13(18-9)14(16-2)10-5-6-12(17-3)11(15)8-10/h4-8,14,16H,1-3H3. The van der Waals surface area contributed by atoms with Gasteiger partial charge < -0.3 is 10.1 Å². The third kappa shape index (κ3) is 2.69. The van der Waals surface area contributed by atoms with Gasteiger partial charge in [-0.25, -0.2) is 0 Å². The molecular formula is C14H16ClNOS. The fraction of sp³-hybridized carbons (Fsp3) is 0.286.